The molecule has 0 saturated carbocycles. The summed E-state index contributed by atoms with van der Waals surface area (Å²) in [6, 6.07) is 13.2. The third-order valence-corrected chi connectivity index (χ3v) is 3.95. The van der Waals surface area contributed by atoms with Gasteiger partial charge >= 0.3 is 0 Å². The number of rotatable bonds is 6. The van der Waals surface area contributed by atoms with Crippen LogP contribution in [0.5, 0.6) is 0 Å². The second-order valence-electron chi connectivity index (χ2n) is 5.95. The fourth-order valence-electron chi connectivity index (χ4n) is 2.78. The first-order chi connectivity index (χ1) is 12.2. The molecule has 3 aromatic rings. The molecule has 2 heterocycles. The van der Waals surface area contributed by atoms with E-state index in [0.717, 1.165) is 16.9 Å². The molecule has 0 fully saturated rings. The Morgan fingerprint density at radius 3 is 2.64 bits per heavy atom. The minimum Gasteiger partial charge on any atom is -0.350 e. The van der Waals surface area contributed by atoms with Crippen LogP contribution in [-0.2, 0) is 11.3 Å². The summed E-state index contributed by atoms with van der Waals surface area (Å²) >= 11 is 0. The highest BCUT2D eigenvalue weighted by molar-refractivity contribution is 5.83. The maximum Gasteiger partial charge on any atom is 0.242 e. The van der Waals surface area contributed by atoms with E-state index in [1.807, 2.05) is 72.2 Å². The van der Waals surface area contributed by atoms with Crippen molar-refractivity contribution >= 4 is 5.91 Å². The van der Waals surface area contributed by atoms with Crippen LogP contribution in [0.1, 0.15) is 17.2 Å². The Morgan fingerprint density at radius 2 is 1.96 bits per heavy atom. The average molecular weight is 335 g/mol. The van der Waals surface area contributed by atoms with E-state index in [4.69, 9.17) is 0 Å². The summed E-state index contributed by atoms with van der Waals surface area (Å²) in [7, 11) is 3.80. The number of likely N-dealkylation sites (N-methyl/N-ethyl adjacent to an activating group) is 1. The average Bonchev–Trinajstić information content (AvgIpc) is 3.15. The lowest BCUT2D eigenvalue weighted by Gasteiger charge is -2.24. The lowest BCUT2D eigenvalue weighted by molar-refractivity contribution is -0.125. The lowest BCUT2D eigenvalue weighted by atomic mass is 10.1. The lowest BCUT2D eigenvalue weighted by Crippen LogP contribution is -2.36. The molecular formula is C19H21N5O. The minimum atomic E-state index is -0.338. The van der Waals surface area contributed by atoms with Crippen molar-refractivity contribution < 1.29 is 4.79 Å². The molecule has 0 spiro atoms. The van der Waals surface area contributed by atoms with Crippen LogP contribution < -0.4 is 5.32 Å². The summed E-state index contributed by atoms with van der Waals surface area (Å²) in [5.41, 5.74) is 1.89. The van der Waals surface area contributed by atoms with Crippen molar-refractivity contribution in [3.8, 4) is 5.82 Å². The highest BCUT2D eigenvalue weighted by atomic mass is 16.2. The number of amides is 1. The Hall–Kier alpha value is -2.99. The Balaban J connectivity index is 1.76. The van der Waals surface area contributed by atoms with Gasteiger partial charge in [-0.3, -0.25) is 14.3 Å². The number of hydrogen-bond acceptors (Lipinski definition) is 4. The van der Waals surface area contributed by atoms with Crippen LogP contribution in [0.25, 0.3) is 5.82 Å². The van der Waals surface area contributed by atoms with Crippen molar-refractivity contribution in [1.29, 1.82) is 0 Å². The van der Waals surface area contributed by atoms with E-state index in [-0.39, 0.29) is 11.9 Å². The summed E-state index contributed by atoms with van der Waals surface area (Å²) in [6.07, 6.45) is 6.96. The maximum absolute atomic E-state index is 12.8. The first-order valence-corrected chi connectivity index (χ1v) is 8.08. The van der Waals surface area contributed by atoms with Crippen LogP contribution >= 0.6 is 0 Å². The number of carbonyl (C=O) groups is 1. The van der Waals surface area contributed by atoms with Gasteiger partial charge < -0.3 is 5.32 Å². The fourth-order valence-corrected chi connectivity index (χ4v) is 2.78. The Kier molecular flexibility index (Phi) is 5.20. The molecule has 1 amide bonds. The molecule has 1 atom stereocenters. The van der Waals surface area contributed by atoms with E-state index in [0.29, 0.717) is 6.54 Å². The molecule has 6 nitrogen and oxygen atoms in total. The number of nitrogens with zero attached hydrogens (tertiary/aromatic N) is 4. The molecule has 0 aliphatic carbocycles. The van der Waals surface area contributed by atoms with Crippen LogP contribution in [0, 0.1) is 0 Å². The zero-order valence-corrected chi connectivity index (χ0v) is 14.3. The van der Waals surface area contributed by atoms with Crippen molar-refractivity contribution in [2.45, 2.75) is 12.6 Å². The van der Waals surface area contributed by atoms with Crippen molar-refractivity contribution in [2.75, 3.05) is 14.1 Å². The van der Waals surface area contributed by atoms with Crippen LogP contribution in [0.15, 0.2) is 67.4 Å². The number of imidazole rings is 1. The van der Waals surface area contributed by atoms with Gasteiger partial charge in [-0.25, -0.2) is 9.97 Å². The predicted octanol–water partition coefficient (Wildman–Crippen LogP) is 2.19. The second-order valence-corrected chi connectivity index (χ2v) is 5.95. The molecule has 0 aliphatic rings. The molecule has 2 aromatic heterocycles. The molecule has 0 aliphatic heterocycles. The second kappa shape index (κ2) is 7.72. The van der Waals surface area contributed by atoms with Crippen molar-refractivity contribution in [3.63, 3.8) is 0 Å². The summed E-state index contributed by atoms with van der Waals surface area (Å²) in [5.74, 6) is 0.720. The Labute approximate surface area is 147 Å². The zero-order chi connectivity index (χ0) is 17.6. The summed E-state index contributed by atoms with van der Waals surface area (Å²) in [4.78, 5) is 23.1. The van der Waals surface area contributed by atoms with Gasteiger partial charge in [0.1, 0.15) is 18.2 Å². The molecule has 0 bridgehead atoms. The van der Waals surface area contributed by atoms with Crippen LogP contribution in [0.4, 0.5) is 0 Å². The van der Waals surface area contributed by atoms with E-state index in [9.17, 15) is 4.79 Å². The van der Waals surface area contributed by atoms with Gasteiger partial charge in [-0.1, -0.05) is 36.4 Å². The monoisotopic (exact) mass is 335 g/mol. The number of nitrogens with one attached hydrogen (secondary N) is 1. The first kappa shape index (κ1) is 16.9. The van der Waals surface area contributed by atoms with Crippen molar-refractivity contribution in [1.82, 2.24) is 24.8 Å². The van der Waals surface area contributed by atoms with E-state index < -0.39 is 0 Å². The molecule has 1 N–H and O–H groups in total. The van der Waals surface area contributed by atoms with Gasteiger partial charge in [0.2, 0.25) is 5.91 Å². The van der Waals surface area contributed by atoms with E-state index in [1.54, 1.807) is 18.7 Å². The standard InChI is InChI=1S/C19H21N5O/c1-23(2)17(15-7-4-3-5-8-15)19(25)22-13-16-9-6-10-21-18(16)24-12-11-20-14-24/h3-12,14,17H,13H2,1-2H3,(H,22,25). The summed E-state index contributed by atoms with van der Waals surface area (Å²) < 4.78 is 1.84. The SMILES string of the molecule is CN(C)C(C(=O)NCc1cccnc1-n1ccnc1)c1ccccc1. The van der Waals surface area contributed by atoms with Crippen LogP contribution in [-0.4, -0.2) is 39.4 Å². The van der Waals surface area contributed by atoms with E-state index in [2.05, 4.69) is 15.3 Å². The molecular weight excluding hydrogens is 314 g/mol. The first-order valence-electron chi connectivity index (χ1n) is 8.08. The molecule has 0 saturated heterocycles. The minimum absolute atomic E-state index is 0.0448. The maximum atomic E-state index is 12.8. The van der Waals surface area contributed by atoms with Gasteiger partial charge in [0.05, 0.1) is 0 Å². The normalized spacial score (nSPS) is 12.1. The highest BCUT2D eigenvalue weighted by Crippen LogP contribution is 2.18. The third kappa shape index (κ3) is 3.92. The number of benzene rings is 1. The molecule has 128 valence electrons. The number of carbonyl (C=O) groups excluding carboxylic acids is 1. The molecule has 0 radical (unpaired) electrons. The smallest absolute Gasteiger partial charge is 0.242 e. The largest absolute Gasteiger partial charge is 0.350 e. The highest BCUT2D eigenvalue weighted by Gasteiger charge is 2.22. The molecule has 25 heavy (non-hydrogen) atoms. The number of hydrogen-bond donors (Lipinski definition) is 1. The van der Waals surface area contributed by atoms with Crippen LogP contribution in [0.2, 0.25) is 0 Å². The van der Waals surface area contributed by atoms with E-state index in [1.165, 1.54) is 0 Å². The van der Waals surface area contributed by atoms with Crippen LogP contribution in [0.3, 0.4) is 0 Å². The van der Waals surface area contributed by atoms with Crippen molar-refractivity contribution in [3.05, 3.63) is 78.5 Å². The Bertz CT molecular complexity index is 815. The summed E-state index contributed by atoms with van der Waals surface area (Å²) in [5, 5.41) is 3.03. The van der Waals surface area contributed by atoms with E-state index >= 15 is 0 Å². The van der Waals surface area contributed by atoms with Gasteiger partial charge in [-0.15, -0.1) is 0 Å². The van der Waals surface area contributed by atoms with Gasteiger partial charge in [0.25, 0.3) is 0 Å². The van der Waals surface area contributed by atoms with Gasteiger partial charge in [0.15, 0.2) is 0 Å². The zero-order valence-electron chi connectivity index (χ0n) is 14.3. The molecule has 1 unspecified atom stereocenters. The molecule has 6 heteroatoms. The number of pyridine rings is 1. The molecule has 1 aromatic carbocycles. The van der Waals surface area contributed by atoms with Gasteiger partial charge in [0, 0.05) is 30.7 Å². The Morgan fingerprint density at radius 1 is 1.16 bits per heavy atom. The van der Waals surface area contributed by atoms with Gasteiger partial charge in [-0.2, -0.15) is 0 Å². The fraction of sp³-hybridized carbons (Fsp3) is 0.211. The number of aromatic nitrogens is 3. The van der Waals surface area contributed by atoms with Gasteiger partial charge in [-0.05, 0) is 25.7 Å². The predicted molar refractivity (Wildman–Crippen MR) is 96.1 cm³/mol. The third-order valence-electron chi connectivity index (χ3n) is 3.95. The topological polar surface area (TPSA) is 63.1 Å². The van der Waals surface area contributed by atoms with Crippen molar-refractivity contribution in [2.24, 2.45) is 0 Å². The summed E-state index contributed by atoms with van der Waals surface area (Å²) in [6.45, 7) is 0.400. The molecule has 3 rings (SSSR count). The quantitative estimate of drug-likeness (QED) is 0.750.